The predicted molar refractivity (Wildman–Crippen MR) is 60.5 cm³/mol. The van der Waals surface area contributed by atoms with Crippen LogP contribution in [0, 0.1) is 10.8 Å². The number of carbonyl (C=O) groups is 3. The Morgan fingerprint density at radius 3 is 1.72 bits per heavy atom. The number of esters is 2. The van der Waals surface area contributed by atoms with Gasteiger partial charge in [-0.25, -0.2) is 0 Å². The highest BCUT2D eigenvalue weighted by molar-refractivity contribution is 5.96. The van der Waals surface area contributed by atoms with Crippen LogP contribution >= 0.6 is 0 Å². The predicted octanol–water partition coefficient (Wildman–Crippen LogP) is 0.0704. The van der Waals surface area contributed by atoms with Crippen LogP contribution in [-0.2, 0) is 23.9 Å². The van der Waals surface area contributed by atoms with E-state index in [1.54, 1.807) is 0 Å². The number of rotatable bonds is 4. The van der Waals surface area contributed by atoms with Gasteiger partial charge in [0.05, 0.1) is 26.2 Å². The highest BCUT2D eigenvalue weighted by Gasteiger charge is 2.51. The van der Waals surface area contributed by atoms with Crippen molar-refractivity contribution in [1.82, 2.24) is 0 Å². The number of carbonyl (C=O) groups excluding carboxylic acids is 3. The average molecular weight is 258 g/mol. The smallest absolute Gasteiger partial charge is 0.319 e. The molecule has 2 rings (SSSR count). The number of aldehydes is 1. The topological polar surface area (TPSA) is 89.9 Å². The lowest BCUT2D eigenvalue weighted by atomic mass is 10.1. The lowest BCUT2D eigenvalue weighted by Gasteiger charge is -2.06. The Morgan fingerprint density at radius 1 is 1.11 bits per heavy atom. The minimum atomic E-state index is -0.741. The first-order valence-corrected chi connectivity index (χ1v) is 5.74. The number of methoxy groups -OCH3 is 2. The van der Waals surface area contributed by atoms with E-state index in [-0.39, 0.29) is 12.6 Å². The van der Waals surface area contributed by atoms with E-state index in [1.807, 2.05) is 0 Å². The van der Waals surface area contributed by atoms with Gasteiger partial charge in [-0.15, -0.1) is 0 Å². The van der Waals surface area contributed by atoms with Gasteiger partial charge in [-0.05, 0) is 25.7 Å². The van der Waals surface area contributed by atoms with E-state index < -0.39 is 16.8 Å². The average Bonchev–Trinajstić information content (AvgIpc) is 3.31. The summed E-state index contributed by atoms with van der Waals surface area (Å²) in [5, 5.41) is 8.66. The van der Waals surface area contributed by atoms with Crippen LogP contribution in [0.25, 0.3) is 0 Å². The van der Waals surface area contributed by atoms with Crippen molar-refractivity contribution in [3.05, 3.63) is 0 Å². The fraction of sp³-hybridized carbons (Fsp3) is 0.750. The van der Waals surface area contributed by atoms with Crippen LogP contribution in [0.5, 0.6) is 0 Å². The molecule has 102 valence electrons. The number of aliphatic hydroxyl groups is 1. The lowest BCUT2D eigenvalue weighted by Crippen LogP contribution is -2.20. The fourth-order valence-corrected chi connectivity index (χ4v) is 1.50. The maximum absolute atomic E-state index is 10.7. The van der Waals surface area contributed by atoms with E-state index in [9.17, 15) is 14.4 Å². The van der Waals surface area contributed by atoms with E-state index in [2.05, 4.69) is 9.47 Å². The van der Waals surface area contributed by atoms with Gasteiger partial charge in [0.2, 0.25) is 0 Å². The molecule has 0 atom stereocenters. The molecule has 18 heavy (non-hydrogen) atoms. The molecular formula is C12H18O6. The van der Waals surface area contributed by atoms with Crippen LogP contribution in [0.4, 0.5) is 0 Å². The third kappa shape index (κ3) is 2.87. The van der Waals surface area contributed by atoms with E-state index in [4.69, 9.17) is 5.11 Å². The Hall–Kier alpha value is -1.43. The molecule has 1 N–H and O–H groups in total. The molecule has 6 heteroatoms. The Kier molecular flexibility index (Phi) is 4.45. The highest BCUT2D eigenvalue weighted by atomic mass is 16.5. The van der Waals surface area contributed by atoms with Gasteiger partial charge in [0.1, 0.15) is 11.7 Å². The van der Waals surface area contributed by atoms with Crippen molar-refractivity contribution >= 4 is 18.2 Å². The van der Waals surface area contributed by atoms with Gasteiger partial charge in [0.25, 0.3) is 0 Å². The number of hydrogen-bond donors (Lipinski definition) is 1. The summed E-state index contributed by atoms with van der Waals surface area (Å²) in [5.74, 6) is -0.664. The minimum Gasteiger partial charge on any atom is -0.469 e. The van der Waals surface area contributed by atoms with Gasteiger partial charge in [-0.1, -0.05) is 0 Å². The second kappa shape index (κ2) is 5.48. The minimum absolute atomic E-state index is 0.0698. The Labute approximate surface area is 105 Å². The summed E-state index contributed by atoms with van der Waals surface area (Å²) in [6.45, 7) is -0.0698. The number of ether oxygens (including phenoxy) is 2. The Balaban J connectivity index is 0.000000180. The number of aliphatic hydroxyl groups excluding tert-OH is 1. The molecule has 0 saturated heterocycles. The maximum Gasteiger partial charge on any atom is 0.319 e. The monoisotopic (exact) mass is 258 g/mol. The van der Waals surface area contributed by atoms with E-state index >= 15 is 0 Å². The molecule has 2 fully saturated rings. The van der Waals surface area contributed by atoms with Crippen molar-refractivity contribution < 1.29 is 29.0 Å². The van der Waals surface area contributed by atoms with Gasteiger partial charge in [-0.3, -0.25) is 9.59 Å². The normalized spacial score (nSPS) is 20.8. The van der Waals surface area contributed by atoms with Crippen LogP contribution in [0.1, 0.15) is 25.7 Å². The second-order valence-corrected chi connectivity index (χ2v) is 4.70. The molecule has 0 aromatic heterocycles. The standard InChI is InChI=1S/C6H10O3.C6H8O3/c2*1-9-5(8)6(4-7)2-3-6/h7H,2-4H2,1H3;4H,2-3H2,1H3. The van der Waals surface area contributed by atoms with E-state index in [0.29, 0.717) is 19.1 Å². The molecule has 0 aliphatic heterocycles. The first-order chi connectivity index (χ1) is 8.50. The molecule has 2 aliphatic carbocycles. The summed E-state index contributed by atoms with van der Waals surface area (Å²) >= 11 is 0. The SMILES string of the molecule is COC(=O)C1(C=O)CC1.COC(=O)C1(CO)CC1. The van der Waals surface area contributed by atoms with Crippen LogP contribution < -0.4 is 0 Å². The summed E-state index contributed by atoms with van der Waals surface area (Å²) < 4.78 is 8.87. The van der Waals surface area contributed by atoms with Gasteiger partial charge >= 0.3 is 11.9 Å². The molecule has 0 radical (unpaired) electrons. The second-order valence-electron chi connectivity index (χ2n) is 4.70. The van der Waals surface area contributed by atoms with E-state index in [1.165, 1.54) is 14.2 Å². The first kappa shape index (κ1) is 14.6. The van der Waals surface area contributed by atoms with Gasteiger partial charge in [0, 0.05) is 0 Å². The zero-order valence-electron chi connectivity index (χ0n) is 10.6. The third-order valence-electron chi connectivity index (χ3n) is 3.38. The van der Waals surface area contributed by atoms with Crippen LogP contribution in [0.15, 0.2) is 0 Å². The molecule has 0 heterocycles. The molecule has 0 unspecified atom stereocenters. The fourth-order valence-electron chi connectivity index (χ4n) is 1.50. The van der Waals surface area contributed by atoms with Crippen molar-refractivity contribution in [2.75, 3.05) is 20.8 Å². The third-order valence-corrected chi connectivity index (χ3v) is 3.38. The molecule has 2 saturated carbocycles. The van der Waals surface area contributed by atoms with Crippen molar-refractivity contribution in [3.63, 3.8) is 0 Å². The summed E-state index contributed by atoms with van der Waals surface area (Å²) in [6.07, 6.45) is 3.54. The Bertz CT molecular complexity index is 340. The largest absolute Gasteiger partial charge is 0.469 e. The molecule has 0 aromatic carbocycles. The molecule has 0 aromatic rings. The Morgan fingerprint density at radius 2 is 1.61 bits per heavy atom. The summed E-state index contributed by atoms with van der Waals surface area (Å²) in [4.78, 5) is 31.6. The van der Waals surface area contributed by atoms with Gasteiger partial charge < -0.3 is 19.4 Å². The molecule has 0 spiro atoms. The van der Waals surface area contributed by atoms with Gasteiger partial charge in [-0.2, -0.15) is 0 Å². The number of hydrogen-bond acceptors (Lipinski definition) is 6. The van der Waals surface area contributed by atoms with Crippen molar-refractivity contribution in [1.29, 1.82) is 0 Å². The quantitative estimate of drug-likeness (QED) is 0.436. The summed E-state index contributed by atoms with van der Waals surface area (Å²) in [5.41, 5.74) is -1.25. The molecular weight excluding hydrogens is 240 g/mol. The van der Waals surface area contributed by atoms with Crippen molar-refractivity contribution in [2.24, 2.45) is 10.8 Å². The van der Waals surface area contributed by atoms with E-state index in [0.717, 1.165) is 12.8 Å². The van der Waals surface area contributed by atoms with Crippen LogP contribution in [0.2, 0.25) is 0 Å². The highest BCUT2D eigenvalue weighted by Crippen LogP contribution is 2.46. The zero-order chi connectivity index (χ0) is 13.8. The first-order valence-electron chi connectivity index (χ1n) is 5.74. The molecule has 0 amide bonds. The van der Waals surface area contributed by atoms with Crippen LogP contribution in [-0.4, -0.2) is 44.2 Å². The zero-order valence-corrected chi connectivity index (χ0v) is 10.6. The molecule has 6 nitrogen and oxygen atoms in total. The van der Waals surface area contributed by atoms with Crippen LogP contribution in [0.3, 0.4) is 0 Å². The van der Waals surface area contributed by atoms with Gasteiger partial charge in [0.15, 0.2) is 0 Å². The molecule has 2 aliphatic rings. The summed E-state index contributed by atoms with van der Waals surface area (Å²) in [7, 11) is 2.64. The maximum atomic E-state index is 10.7. The lowest BCUT2D eigenvalue weighted by molar-refractivity contribution is -0.149. The van der Waals surface area contributed by atoms with Crippen molar-refractivity contribution in [3.8, 4) is 0 Å². The summed E-state index contributed by atoms with van der Waals surface area (Å²) in [6, 6.07) is 0. The van der Waals surface area contributed by atoms with Crippen molar-refractivity contribution in [2.45, 2.75) is 25.7 Å². The molecule has 0 bridgehead atoms.